The summed E-state index contributed by atoms with van der Waals surface area (Å²) >= 11 is 6.38. The zero-order valence-corrected chi connectivity index (χ0v) is 18.1. The monoisotopic (exact) mass is 466 g/mol. The van der Waals surface area contributed by atoms with Crippen molar-refractivity contribution in [1.82, 2.24) is 0 Å². The summed E-state index contributed by atoms with van der Waals surface area (Å²) in [6, 6.07) is 12.6. The fourth-order valence-electron chi connectivity index (χ4n) is 4.00. The third kappa shape index (κ3) is 4.78. The highest BCUT2D eigenvalue weighted by Gasteiger charge is 2.52. The molecule has 4 rings (SSSR count). The van der Waals surface area contributed by atoms with Crippen LogP contribution in [0.1, 0.15) is 29.2 Å². The first-order valence-electron chi connectivity index (χ1n) is 10.5. The molecular formula is C23H27ClO8. The Morgan fingerprint density at radius 2 is 1.81 bits per heavy atom. The second-order valence-corrected chi connectivity index (χ2v) is 8.65. The molecule has 32 heavy (non-hydrogen) atoms. The van der Waals surface area contributed by atoms with E-state index in [4.69, 9.17) is 25.8 Å². The van der Waals surface area contributed by atoms with E-state index in [0.29, 0.717) is 30.2 Å². The molecule has 2 fully saturated rings. The molecule has 2 aliphatic rings. The van der Waals surface area contributed by atoms with Gasteiger partial charge in [-0.05, 0) is 41.3 Å². The van der Waals surface area contributed by atoms with Crippen LogP contribution in [0.3, 0.4) is 0 Å². The molecule has 1 unspecified atom stereocenters. The highest BCUT2D eigenvalue weighted by atomic mass is 35.5. The number of hydrogen-bond donors (Lipinski definition) is 5. The van der Waals surface area contributed by atoms with Gasteiger partial charge in [-0.3, -0.25) is 0 Å². The van der Waals surface area contributed by atoms with Crippen molar-refractivity contribution in [3.8, 4) is 5.75 Å². The Kier molecular flexibility index (Phi) is 7.04. The molecule has 0 bridgehead atoms. The lowest BCUT2D eigenvalue weighted by Gasteiger charge is -2.45. The van der Waals surface area contributed by atoms with E-state index in [9.17, 15) is 25.5 Å². The van der Waals surface area contributed by atoms with Gasteiger partial charge in [-0.2, -0.15) is 0 Å². The number of halogens is 1. The minimum absolute atomic E-state index is 0.0698. The lowest BCUT2D eigenvalue weighted by Crippen LogP contribution is -2.63. The molecule has 6 atom stereocenters. The molecule has 2 aliphatic heterocycles. The van der Waals surface area contributed by atoms with Gasteiger partial charge in [0.2, 0.25) is 5.79 Å². The molecule has 2 aromatic carbocycles. The number of rotatable bonds is 6. The summed E-state index contributed by atoms with van der Waals surface area (Å²) in [5.74, 6) is -1.64. The molecule has 174 valence electrons. The Morgan fingerprint density at radius 3 is 2.47 bits per heavy atom. The van der Waals surface area contributed by atoms with Crippen LogP contribution < -0.4 is 4.74 Å². The molecule has 2 saturated heterocycles. The molecule has 8 nitrogen and oxygen atoms in total. The highest BCUT2D eigenvalue weighted by Crippen LogP contribution is 2.38. The van der Waals surface area contributed by atoms with Crippen molar-refractivity contribution in [3.05, 3.63) is 64.2 Å². The summed E-state index contributed by atoms with van der Waals surface area (Å²) in [5, 5.41) is 50.7. The van der Waals surface area contributed by atoms with E-state index in [-0.39, 0.29) is 6.10 Å². The van der Waals surface area contributed by atoms with Crippen LogP contribution in [0.15, 0.2) is 42.5 Å². The van der Waals surface area contributed by atoms with Crippen molar-refractivity contribution in [3.63, 3.8) is 0 Å². The largest absolute Gasteiger partial charge is 0.488 e. The van der Waals surface area contributed by atoms with Gasteiger partial charge in [-0.25, -0.2) is 0 Å². The topological polar surface area (TPSA) is 129 Å². The summed E-state index contributed by atoms with van der Waals surface area (Å²) in [4.78, 5) is 0. The maximum absolute atomic E-state index is 10.4. The molecule has 0 radical (unpaired) electrons. The van der Waals surface area contributed by atoms with Crippen LogP contribution in [0.4, 0.5) is 0 Å². The highest BCUT2D eigenvalue weighted by molar-refractivity contribution is 6.31. The first-order chi connectivity index (χ1) is 15.3. The maximum atomic E-state index is 10.4. The van der Waals surface area contributed by atoms with Crippen LogP contribution in [0, 0.1) is 0 Å². The zero-order chi connectivity index (χ0) is 22.9. The minimum Gasteiger partial charge on any atom is -0.488 e. The average molecular weight is 467 g/mol. The predicted molar refractivity (Wildman–Crippen MR) is 114 cm³/mol. The maximum Gasteiger partial charge on any atom is 0.219 e. The Balaban J connectivity index is 1.51. The van der Waals surface area contributed by atoms with E-state index in [1.165, 1.54) is 0 Å². The SMILES string of the molecule is OCC1(O)O[C@@H](c2ccc(Cl)c(Cc3ccc(O[C@H]4CCOC4)cc3)c2)[C@H](O)[C@@H](O)[C@@H]1O. The standard InChI is InChI=1S/C23H27ClO8/c24-18-6-3-14(21-19(26)20(27)22(28)23(29,12-25)32-21)10-15(18)9-13-1-4-16(5-2-13)31-17-7-8-30-11-17/h1-6,10,17,19-22,25-29H,7-9,11-12H2/t17-,19+,20+,21-,22-,23?/m0/s1. The molecule has 0 spiro atoms. The van der Waals surface area contributed by atoms with Gasteiger partial charge < -0.3 is 39.7 Å². The molecule has 2 heterocycles. The molecule has 0 aromatic heterocycles. The molecule has 0 aliphatic carbocycles. The van der Waals surface area contributed by atoms with Crippen LogP contribution in [0.2, 0.25) is 5.02 Å². The van der Waals surface area contributed by atoms with Crippen LogP contribution in [0.5, 0.6) is 5.75 Å². The number of benzene rings is 2. The molecule has 5 N–H and O–H groups in total. The van der Waals surface area contributed by atoms with Crippen molar-refractivity contribution in [2.75, 3.05) is 19.8 Å². The van der Waals surface area contributed by atoms with Gasteiger partial charge >= 0.3 is 0 Å². The van der Waals surface area contributed by atoms with Crippen LogP contribution in [-0.4, -0.2) is 75.6 Å². The summed E-state index contributed by atoms with van der Waals surface area (Å²) < 4.78 is 16.6. The van der Waals surface area contributed by atoms with Crippen LogP contribution in [-0.2, 0) is 15.9 Å². The van der Waals surface area contributed by atoms with Crippen molar-refractivity contribution < 1.29 is 39.7 Å². The van der Waals surface area contributed by atoms with Crippen molar-refractivity contribution in [2.24, 2.45) is 0 Å². The second kappa shape index (κ2) is 9.62. The Morgan fingerprint density at radius 1 is 1.06 bits per heavy atom. The molecular weight excluding hydrogens is 440 g/mol. The van der Waals surface area contributed by atoms with Crippen molar-refractivity contribution in [1.29, 1.82) is 0 Å². The predicted octanol–water partition coefficient (Wildman–Crippen LogP) is 0.933. The number of ether oxygens (including phenoxy) is 3. The van der Waals surface area contributed by atoms with Crippen LogP contribution >= 0.6 is 11.6 Å². The van der Waals surface area contributed by atoms with E-state index in [0.717, 1.165) is 23.3 Å². The van der Waals surface area contributed by atoms with E-state index >= 15 is 0 Å². The molecule has 2 aromatic rings. The summed E-state index contributed by atoms with van der Waals surface area (Å²) in [7, 11) is 0. The lowest BCUT2D eigenvalue weighted by molar-refractivity contribution is -0.357. The molecule has 0 saturated carbocycles. The fraction of sp³-hybridized carbons (Fsp3) is 0.478. The number of aliphatic hydroxyl groups excluding tert-OH is 4. The second-order valence-electron chi connectivity index (χ2n) is 8.24. The summed E-state index contributed by atoms with van der Waals surface area (Å²) in [6.45, 7) is 0.357. The number of aliphatic hydroxyl groups is 5. The molecule has 0 amide bonds. The Labute approximate surface area is 190 Å². The lowest BCUT2D eigenvalue weighted by atomic mass is 9.88. The van der Waals surface area contributed by atoms with E-state index in [1.807, 2.05) is 24.3 Å². The van der Waals surface area contributed by atoms with Gasteiger partial charge in [0.1, 0.15) is 36.3 Å². The summed E-state index contributed by atoms with van der Waals surface area (Å²) in [6.07, 6.45) is -4.83. The first-order valence-corrected chi connectivity index (χ1v) is 10.9. The van der Waals surface area contributed by atoms with E-state index in [2.05, 4.69) is 0 Å². The van der Waals surface area contributed by atoms with Crippen molar-refractivity contribution >= 4 is 11.6 Å². The third-order valence-electron chi connectivity index (χ3n) is 5.91. The normalized spacial score (nSPS) is 32.8. The van der Waals surface area contributed by atoms with E-state index < -0.39 is 36.8 Å². The smallest absolute Gasteiger partial charge is 0.219 e. The van der Waals surface area contributed by atoms with E-state index in [1.54, 1.807) is 18.2 Å². The number of hydrogen-bond acceptors (Lipinski definition) is 8. The summed E-state index contributed by atoms with van der Waals surface area (Å²) in [5.41, 5.74) is 2.16. The van der Waals surface area contributed by atoms with Gasteiger partial charge in [0.15, 0.2) is 0 Å². The molecule has 9 heteroatoms. The fourth-order valence-corrected chi connectivity index (χ4v) is 4.18. The van der Waals surface area contributed by atoms with Gasteiger partial charge in [0, 0.05) is 11.4 Å². The first kappa shape index (κ1) is 23.4. The third-order valence-corrected chi connectivity index (χ3v) is 6.28. The van der Waals surface area contributed by atoms with Crippen LogP contribution in [0.25, 0.3) is 0 Å². The van der Waals surface area contributed by atoms with Gasteiger partial charge in [0.25, 0.3) is 0 Å². The zero-order valence-electron chi connectivity index (χ0n) is 17.3. The quantitative estimate of drug-likeness (QED) is 0.425. The Hall–Kier alpha value is -1.75. The van der Waals surface area contributed by atoms with Gasteiger partial charge in [0.05, 0.1) is 19.8 Å². The van der Waals surface area contributed by atoms with Crippen molar-refractivity contribution in [2.45, 2.75) is 49.1 Å². The minimum atomic E-state index is -2.40. The average Bonchev–Trinajstić information content (AvgIpc) is 3.31. The van der Waals surface area contributed by atoms with Gasteiger partial charge in [-0.1, -0.05) is 35.9 Å². The Bertz CT molecular complexity index is 917. The van der Waals surface area contributed by atoms with Gasteiger partial charge in [-0.15, -0.1) is 0 Å².